The normalized spacial score (nSPS) is 14.6. The van der Waals surface area contributed by atoms with Crippen LogP contribution in [0.15, 0.2) is 164 Å². The second kappa shape index (κ2) is 10.8. The zero-order chi connectivity index (χ0) is 34.5. The summed E-state index contributed by atoms with van der Waals surface area (Å²) in [5.41, 5.74) is 16.7. The Labute approximate surface area is 300 Å². The molecule has 0 radical (unpaired) electrons. The van der Waals surface area contributed by atoms with Crippen molar-refractivity contribution in [3.63, 3.8) is 0 Å². The van der Waals surface area contributed by atoms with Crippen LogP contribution < -0.4 is 4.90 Å². The van der Waals surface area contributed by atoms with E-state index in [4.69, 9.17) is 0 Å². The molecule has 10 rings (SSSR count). The second-order valence-electron chi connectivity index (χ2n) is 15.3. The zero-order valence-corrected chi connectivity index (χ0v) is 29.5. The Bertz CT molecular complexity index is 2690. The lowest BCUT2D eigenvalue weighted by Gasteiger charge is -2.36. The molecule has 1 heteroatoms. The van der Waals surface area contributed by atoms with Gasteiger partial charge in [-0.25, -0.2) is 0 Å². The van der Waals surface area contributed by atoms with Crippen molar-refractivity contribution < 1.29 is 0 Å². The second-order valence-corrected chi connectivity index (χ2v) is 15.3. The summed E-state index contributed by atoms with van der Waals surface area (Å²) in [5, 5.41) is 5.15. The van der Waals surface area contributed by atoms with Crippen LogP contribution >= 0.6 is 0 Å². The first kappa shape index (κ1) is 29.9. The van der Waals surface area contributed by atoms with Crippen molar-refractivity contribution in [3.8, 4) is 33.4 Å². The standard InChI is InChI=1S/C50H39N/c1-49(2)43-20-10-8-18-41(43)48-38(29-25-34-15-11-21-44(49)47(34)48)33-23-26-35(27-24-33)51(46-22-12-14-32-13-5-6-16-37(32)46)36-28-30-40-39-17-7-9-19-42(39)50(3,4)45(40)31-36/h5-31H,1-4H3. The molecule has 0 saturated heterocycles. The zero-order valence-electron chi connectivity index (χ0n) is 29.5. The van der Waals surface area contributed by atoms with E-state index in [-0.39, 0.29) is 10.8 Å². The summed E-state index contributed by atoms with van der Waals surface area (Å²) in [5.74, 6) is 0. The third kappa shape index (κ3) is 4.28. The number of anilines is 3. The Morgan fingerprint density at radius 3 is 1.78 bits per heavy atom. The first-order valence-electron chi connectivity index (χ1n) is 18.1. The molecule has 0 N–H and O–H groups in total. The maximum absolute atomic E-state index is 2.45. The maximum Gasteiger partial charge on any atom is 0.0540 e. The number of hydrogen-bond donors (Lipinski definition) is 0. The Balaban J connectivity index is 1.16. The maximum atomic E-state index is 2.45. The quantitative estimate of drug-likeness (QED) is 0.183. The average Bonchev–Trinajstić information content (AvgIpc) is 3.40. The molecule has 0 atom stereocenters. The Hall–Kier alpha value is -5.92. The predicted molar refractivity (Wildman–Crippen MR) is 217 cm³/mol. The molecule has 0 aliphatic heterocycles. The van der Waals surface area contributed by atoms with E-state index in [0.717, 1.165) is 5.69 Å². The van der Waals surface area contributed by atoms with Gasteiger partial charge in [-0.05, 0) is 102 Å². The third-order valence-corrected chi connectivity index (χ3v) is 11.9. The van der Waals surface area contributed by atoms with Crippen LogP contribution in [0, 0.1) is 0 Å². The Morgan fingerprint density at radius 1 is 0.392 bits per heavy atom. The van der Waals surface area contributed by atoms with Crippen LogP contribution in [0.4, 0.5) is 17.1 Å². The van der Waals surface area contributed by atoms with Gasteiger partial charge < -0.3 is 4.90 Å². The monoisotopic (exact) mass is 653 g/mol. The topological polar surface area (TPSA) is 3.24 Å². The van der Waals surface area contributed by atoms with E-state index in [9.17, 15) is 0 Å². The van der Waals surface area contributed by atoms with Crippen molar-refractivity contribution in [1.29, 1.82) is 0 Å². The lowest BCUT2D eigenvalue weighted by Crippen LogP contribution is -2.23. The van der Waals surface area contributed by atoms with Gasteiger partial charge in [-0.2, -0.15) is 0 Å². The fourth-order valence-corrected chi connectivity index (χ4v) is 9.26. The SMILES string of the molecule is CC1(C)c2ccccc2-c2ccc(N(c3ccc(-c4ccc5cccc6c5c4-c4ccccc4C6(C)C)cc3)c3cccc4ccccc34)cc21. The minimum Gasteiger partial charge on any atom is -0.310 e. The van der Waals surface area contributed by atoms with Gasteiger partial charge in [0.15, 0.2) is 0 Å². The van der Waals surface area contributed by atoms with Crippen molar-refractivity contribution >= 4 is 38.6 Å². The molecule has 0 saturated carbocycles. The van der Waals surface area contributed by atoms with Crippen LogP contribution in [0.3, 0.4) is 0 Å². The van der Waals surface area contributed by atoms with E-state index >= 15 is 0 Å². The largest absolute Gasteiger partial charge is 0.310 e. The fraction of sp³-hybridized carbons (Fsp3) is 0.120. The van der Waals surface area contributed by atoms with Crippen LogP contribution in [0.25, 0.3) is 54.9 Å². The van der Waals surface area contributed by atoms with Crippen molar-refractivity contribution in [2.45, 2.75) is 38.5 Å². The van der Waals surface area contributed by atoms with Crippen molar-refractivity contribution in [2.75, 3.05) is 4.90 Å². The molecule has 0 unspecified atom stereocenters. The van der Waals surface area contributed by atoms with E-state index in [1.807, 2.05) is 0 Å². The van der Waals surface area contributed by atoms with E-state index < -0.39 is 0 Å². The molecule has 244 valence electrons. The molecule has 0 aromatic heterocycles. The van der Waals surface area contributed by atoms with Crippen LogP contribution in [0.1, 0.15) is 49.9 Å². The summed E-state index contributed by atoms with van der Waals surface area (Å²) in [6, 6.07) is 61.0. The van der Waals surface area contributed by atoms with Gasteiger partial charge in [-0.1, -0.05) is 161 Å². The molecule has 1 nitrogen and oxygen atoms in total. The molecule has 0 fully saturated rings. The summed E-state index contributed by atoms with van der Waals surface area (Å²) in [4.78, 5) is 2.45. The molecule has 0 spiro atoms. The van der Waals surface area contributed by atoms with Crippen LogP contribution in [-0.2, 0) is 10.8 Å². The lowest BCUT2D eigenvalue weighted by molar-refractivity contribution is 0.645. The third-order valence-electron chi connectivity index (χ3n) is 11.9. The molecule has 2 aliphatic rings. The van der Waals surface area contributed by atoms with Gasteiger partial charge in [0.25, 0.3) is 0 Å². The highest BCUT2D eigenvalue weighted by Gasteiger charge is 2.36. The number of hydrogen-bond acceptors (Lipinski definition) is 1. The van der Waals surface area contributed by atoms with E-state index in [1.54, 1.807) is 0 Å². The first-order chi connectivity index (χ1) is 24.8. The minimum absolute atomic E-state index is 0.0731. The minimum atomic E-state index is -0.0859. The molecule has 2 aliphatic carbocycles. The Kier molecular flexibility index (Phi) is 6.34. The van der Waals surface area contributed by atoms with Crippen LogP contribution in [0.2, 0.25) is 0 Å². The van der Waals surface area contributed by atoms with Gasteiger partial charge in [0.1, 0.15) is 0 Å². The van der Waals surface area contributed by atoms with Crippen molar-refractivity contribution in [3.05, 3.63) is 186 Å². The summed E-state index contributed by atoms with van der Waals surface area (Å²) in [6.07, 6.45) is 0. The highest BCUT2D eigenvalue weighted by molar-refractivity contribution is 6.09. The summed E-state index contributed by atoms with van der Waals surface area (Å²) in [6.45, 7) is 9.45. The molecular weight excluding hydrogens is 615 g/mol. The van der Waals surface area contributed by atoms with Crippen molar-refractivity contribution in [2.24, 2.45) is 0 Å². The van der Waals surface area contributed by atoms with E-state index in [1.165, 1.54) is 88.6 Å². The van der Waals surface area contributed by atoms with Crippen LogP contribution in [0.5, 0.6) is 0 Å². The van der Waals surface area contributed by atoms with E-state index in [2.05, 4.69) is 196 Å². The molecule has 8 aromatic carbocycles. The number of rotatable bonds is 4. The number of fused-ring (bicyclic) bond motifs is 6. The van der Waals surface area contributed by atoms with Gasteiger partial charge in [-0.15, -0.1) is 0 Å². The van der Waals surface area contributed by atoms with Crippen LogP contribution in [-0.4, -0.2) is 0 Å². The molecular formula is C50H39N. The summed E-state index contributed by atoms with van der Waals surface area (Å²) >= 11 is 0. The Morgan fingerprint density at radius 2 is 0.961 bits per heavy atom. The van der Waals surface area contributed by atoms with Gasteiger partial charge in [0, 0.05) is 27.6 Å². The highest BCUT2D eigenvalue weighted by atomic mass is 15.1. The van der Waals surface area contributed by atoms with Gasteiger partial charge in [0.05, 0.1) is 5.69 Å². The smallest absolute Gasteiger partial charge is 0.0540 e. The molecule has 8 aromatic rings. The average molecular weight is 654 g/mol. The van der Waals surface area contributed by atoms with Crippen molar-refractivity contribution in [1.82, 2.24) is 0 Å². The number of nitrogens with zero attached hydrogens (tertiary/aromatic N) is 1. The van der Waals surface area contributed by atoms with Gasteiger partial charge >= 0.3 is 0 Å². The molecule has 0 amide bonds. The number of benzene rings is 8. The summed E-state index contributed by atoms with van der Waals surface area (Å²) < 4.78 is 0. The summed E-state index contributed by atoms with van der Waals surface area (Å²) in [7, 11) is 0. The molecule has 0 heterocycles. The molecule has 0 bridgehead atoms. The fourth-order valence-electron chi connectivity index (χ4n) is 9.26. The lowest BCUT2D eigenvalue weighted by atomic mass is 9.67. The first-order valence-corrected chi connectivity index (χ1v) is 18.1. The van der Waals surface area contributed by atoms with Gasteiger partial charge in [-0.3, -0.25) is 0 Å². The predicted octanol–water partition coefficient (Wildman–Crippen LogP) is 13.7. The molecule has 51 heavy (non-hydrogen) atoms. The van der Waals surface area contributed by atoms with E-state index in [0.29, 0.717) is 0 Å². The van der Waals surface area contributed by atoms with Gasteiger partial charge in [0.2, 0.25) is 0 Å². The highest BCUT2D eigenvalue weighted by Crippen LogP contribution is 2.53.